The largest absolute Gasteiger partial charge is 0.385 e. The fourth-order valence-electron chi connectivity index (χ4n) is 5.53. The highest BCUT2D eigenvalue weighted by molar-refractivity contribution is 4.69. The van der Waals surface area contributed by atoms with Crippen molar-refractivity contribution in [2.45, 2.75) is 116 Å². The molecule has 0 radical (unpaired) electrons. The first-order valence-corrected chi connectivity index (χ1v) is 16.9. The van der Waals surface area contributed by atoms with Crippen LogP contribution in [0.1, 0.15) is 116 Å². The molecule has 0 amide bonds. The number of unbranched alkanes of at least 4 members (excludes halogenated alkanes) is 16. The Morgan fingerprint density at radius 1 is 0.436 bits per heavy atom. The number of likely N-dealkylation sites (N-methyl/N-ethyl adjacent to an activating group) is 1. The van der Waals surface area contributed by atoms with Crippen LogP contribution in [0.4, 0.5) is 0 Å². The molecule has 0 spiro atoms. The molecule has 2 aliphatic rings. The van der Waals surface area contributed by atoms with E-state index in [0.29, 0.717) is 0 Å². The third kappa shape index (κ3) is 25.2. The van der Waals surface area contributed by atoms with Gasteiger partial charge >= 0.3 is 0 Å². The summed E-state index contributed by atoms with van der Waals surface area (Å²) in [5.74, 6) is 0. The van der Waals surface area contributed by atoms with Crippen LogP contribution in [0.2, 0.25) is 0 Å². The van der Waals surface area contributed by atoms with E-state index in [1.807, 2.05) is 0 Å². The van der Waals surface area contributed by atoms with Crippen LogP contribution < -0.4 is 0 Å². The summed E-state index contributed by atoms with van der Waals surface area (Å²) in [5.41, 5.74) is 0. The van der Waals surface area contributed by atoms with Crippen molar-refractivity contribution in [1.29, 1.82) is 0 Å². The first-order chi connectivity index (χ1) is 19.3. The van der Waals surface area contributed by atoms with E-state index in [1.165, 1.54) is 155 Å². The van der Waals surface area contributed by atoms with Gasteiger partial charge in [0.2, 0.25) is 0 Å². The second-order valence-corrected chi connectivity index (χ2v) is 11.9. The van der Waals surface area contributed by atoms with Crippen molar-refractivity contribution in [3.8, 4) is 0 Å². The number of ether oxygens (including phenoxy) is 3. The predicted molar refractivity (Wildman–Crippen MR) is 168 cm³/mol. The summed E-state index contributed by atoms with van der Waals surface area (Å²) < 4.78 is 15.5. The van der Waals surface area contributed by atoms with Gasteiger partial charge in [-0.1, -0.05) is 89.9 Å². The second kappa shape index (κ2) is 29.3. The van der Waals surface area contributed by atoms with Gasteiger partial charge in [-0.3, -0.25) is 4.90 Å². The van der Waals surface area contributed by atoms with Crippen LogP contribution in [0.25, 0.3) is 0 Å². The van der Waals surface area contributed by atoms with Crippen LogP contribution in [0.5, 0.6) is 0 Å². The molecule has 2 fully saturated rings. The Kier molecular flexibility index (Phi) is 27.6. The fourth-order valence-corrected chi connectivity index (χ4v) is 5.53. The van der Waals surface area contributed by atoms with Crippen LogP contribution in [0.3, 0.4) is 0 Å². The fraction of sp³-hybridized carbons (Fsp3) is 1.00. The maximum absolute atomic E-state index is 5.36. The Balaban J connectivity index is 0.000000391. The molecule has 2 heterocycles. The molecule has 0 aromatic rings. The van der Waals surface area contributed by atoms with E-state index in [9.17, 15) is 0 Å². The number of hydrogen-bond acceptors (Lipinski definition) is 6. The molecule has 2 saturated heterocycles. The lowest BCUT2D eigenvalue weighted by atomic mass is 10.1. The third-order valence-electron chi connectivity index (χ3n) is 8.35. The normalized spacial score (nSPS) is 17.3. The average molecular weight is 556 g/mol. The van der Waals surface area contributed by atoms with Crippen LogP contribution >= 0.6 is 0 Å². The van der Waals surface area contributed by atoms with Gasteiger partial charge in [0, 0.05) is 66.7 Å². The number of rotatable bonds is 24. The van der Waals surface area contributed by atoms with E-state index in [1.54, 1.807) is 14.2 Å². The summed E-state index contributed by atoms with van der Waals surface area (Å²) in [6, 6.07) is 0. The molecule has 6 heteroatoms. The lowest BCUT2D eigenvalue weighted by molar-refractivity contribution is 0.0371. The highest BCUT2D eigenvalue weighted by atomic mass is 16.5. The molecule has 0 N–H and O–H groups in total. The standard InChI is InChI=1S/C17H36N2O.C16H33NO2/c1-18-13-15-19(16-14-18)12-10-8-6-4-3-5-7-9-11-17-20-2;1-18-14-10-8-6-4-2-3-5-7-9-11-17-12-15-19-16-13-17/h3-17H2,1-2H3;2-16H2,1H3. The summed E-state index contributed by atoms with van der Waals surface area (Å²) >= 11 is 0. The summed E-state index contributed by atoms with van der Waals surface area (Å²) in [4.78, 5) is 7.61. The predicted octanol–water partition coefficient (Wildman–Crippen LogP) is 6.87. The van der Waals surface area contributed by atoms with E-state index in [2.05, 4.69) is 21.7 Å². The Morgan fingerprint density at radius 3 is 1.15 bits per heavy atom. The molecule has 234 valence electrons. The highest BCUT2D eigenvalue weighted by Crippen LogP contribution is 2.12. The van der Waals surface area contributed by atoms with Gasteiger partial charge < -0.3 is 24.0 Å². The monoisotopic (exact) mass is 556 g/mol. The molecule has 0 aliphatic carbocycles. The number of piperazine rings is 1. The van der Waals surface area contributed by atoms with Gasteiger partial charge in [0.1, 0.15) is 0 Å². The van der Waals surface area contributed by atoms with Gasteiger partial charge in [-0.2, -0.15) is 0 Å². The maximum Gasteiger partial charge on any atom is 0.0594 e. The van der Waals surface area contributed by atoms with Crippen molar-refractivity contribution in [3.63, 3.8) is 0 Å². The maximum atomic E-state index is 5.36. The Hall–Kier alpha value is -0.240. The Labute approximate surface area is 244 Å². The third-order valence-corrected chi connectivity index (χ3v) is 8.35. The molecule has 6 nitrogen and oxygen atoms in total. The summed E-state index contributed by atoms with van der Waals surface area (Å²) in [7, 11) is 5.81. The molecule has 0 aromatic heterocycles. The summed E-state index contributed by atoms with van der Waals surface area (Å²) in [5, 5.41) is 0. The van der Waals surface area contributed by atoms with E-state index in [4.69, 9.17) is 14.2 Å². The second-order valence-electron chi connectivity index (χ2n) is 11.9. The van der Waals surface area contributed by atoms with Crippen LogP contribution in [0.15, 0.2) is 0 Å². The Morgan fingerprint density at radius 2 is 0.769 bits per heavy atom. The van der Waals surface area contributed by atoms with Crippen LogP contribution in [0, 0.1) is 0 Å². The van der Waals surface area contributed by atoms with Crippen molar-refractivity contribution in [2.24, 2.45) is 0 Å². The lowest BCUT2D eigenvalue weighted by Gasteiger charge is -2.32. The Bertz CT molecular complexity index is 469. The first kappa shape index (κ1) is 36.8. The first-order valence-electron chi connectivity index (χ1n) is 16.9. The molecule has 0 bridgehead atoms. The van der Waals surface area contributed by atoms with Crippen molar-refractivity contribution in [1.82, 2.24) is 14.7 Å². The topological polar surface area (TPSA) is 37.4 Å². The van der Waals surface area contributed by atoms with E-state index in [0.717, 1.165) is 39.5 Å². The zero-order chi connectivity index (χ0) is 28.1. The zero-order valence-corrected chi connectivity index (χ0v) is 26.8. The van der Waals surface area contributed by atoms with Gasteiger partial charge in [-0.15, -0.1) is 0 Å². The van der Waals surface area contributed by atoms with Gasteiger partial charge in [0.05, 0.1) is 13.2 Å². The molecule has 39 heavy (non-hydrogen) atoms. The molecular weight excluding hydrogens is 486 g/mol. The molecule has 0 unspecified atom stereocenters. The van der Waals surface area contributed by atoms with E-state index < -0.39 is 0 Å². The van der Waals surface area contributed by atoms with Crippen molar-refractivity contribution in [2.75, 3.05) is 100 Å². The minimum atomic E-state index is 0.932. The summed E-state index contributed by atoms with van der Waals surface area (Å²) in [6.07, 6.45) is 24.9. The highest BCUT2D eigenvalue weighted by Gasteiger charge is 2.12. The smallest absolute Gasteiger partial charge is 0.0594 e. The van der Waals surface area contributed by atoms with Crippen molar-refractivity contribution < 1.29 is 14.2 Å². The van der Waals surface area contributed by atoms with Gasteiger partial charge in [-0.25, -0.2) is 0 Å². The minimum absolute atomic E-state index is 0.932. The van der Waals surface area contributed by atoms with Gasteiger partial charge in [-0.05, 0) is 45.8 Å². The number of morpholine rings is 1. The average Bonchev–Trinajstić information content (AvgIpc) is 2.96. The van der Waals surface area contributed by atoms with Crippen molar-refractivity contribution in [3.05, 3.63) is 0 Å². The molecule has 0 saturated carbocycles. The SMILES string of the molecule is COCCCCCCCCCCCN1CCN(C)CC1.COCCCCCCCCCCCN1CCOCC1. The lowest BCUT2D eigenvalue weighted by Crippen LogP contribution is -2.44. The summed E-state index contributed by atoms with van der Waals surface area (Å²) in [6.45, 7) is 13.7. The molecule has 2 aliphatic heterocycles. The number of methoxy groups -OCH3 is 2. The van der Waals surface area contributed by atoms with E-state index >= 15 is 0 Å². The number of nitrogens with zero attached hydrogens (tertiary/aromatic N) is 3. The van der Waals surface area contributed by atoms with Gasteiger partial charge in [0.15, 0.2) is 0 Å². The molecular formula is C33H69N3O3. The van der Waals surface area contributed by atoms with Crippen molar-refractivity contribution >= 4 is 0 Å². The quantitative estimate of drug-likeness (QED) is 0.121. The molecule has 0 aromatic carbocycles. The zero-order valence-electron chi connectivity index (χ0n) is 26.8. The minimum Gasteiger partial charge on any atom is -0.385 e. The number of hydrogen-bond donors (Lipinski definition) is 0. The van der Waals surface area contributed by atoms with Gasteiger partial charge in [0.25, 0.3) is 0 Å². The van der Waals surface area contributed by atoms with E-state index in [-0.39, 0.29) is 0 Å². The van der Waals surface area contributed by atoms with Crippen LogP contribution in [-0.2, 0) is 14.2 Å². The molecule has 0 atom stereocenters. The molecule has 2 rings (SSSR count). The van der Waals surface area contributed by atoms with Crippen LogP contribution in [-0.4, -0.2) is 115 Å².